The first-order chi connectivity index (χ1) is 29.8. The third-order valence-corrected chi connectivity index (χ3v) is 13.6. The number of rotatable bonds is 5. The fraction of sp³-hybridized carbons (Fsp3) is 0.0690. The minimum Gasteiger partial charge on any atom is -0.310 e. The molecule has 61 heavy (non-hydrogen) atoms. The molecule has 290 valence electrons. The van der Waals surface area contributed by atoms with Crippen LogP contribution in [0.3, 0.4) is 0 Å². The number of nitrogens with zero attached hydrogens (tertiary/aromatic N) is 1. The van der Waals surface area contributed by atoms with Crippen LogP contribution in [0.25, 0.3) is 55.6 Å². The average molecular weight is 788 g/mol. The van der Waals surface area contributed by atoms with Gasteiger partial charge in [-0.3, -0.25) is 0 Å². The van der Waals surface area contributed by atoms with Gasteiger partial charge in [0.25, 0.3) is 0 Å². The molecule has 0 bridgehead atoms. The van der Waals surface area contributed by atoms with Crippen molar-refractivity contribution in [1.82, 2.24) is 0 Å². The first kappa shape index (κ1) is 35.6. The normalized spacial score (nSPS) is 15.7. The van der Waals surface area contributed by atoms with Gasteiger partial charge in [-0.1, -0.05) is 159 Å². The molecule has 0 fully saturated rings. The molecule has 0 N–H and O–H groups in total. The first-order valence-corrected chi connectivity index (χ1v) is 21.0. The molecule has 0 radical (unpaired) electrons. The Labute approximate surface area is 354 Å². The molecule has 1 spiro atoms. The van der Waals surface area contributed by atoms with E-state index in [2.05, 4.69) is 195 Å². The van der Waals surface area contributed by atoms with Gasteiger partial charge in [-0.25, -0.2) is 8.78 Å². The summed E-state index contributed by atoms with van der Waals surface area (Å²) in [5.74, 6) is -1.18. The molecule has 12 rings (SSSR count). The lowest BCUT2D eigenvalue weighted by molar-refractivity contribution is 0.584. The molecular weight excluding hydrogens is 749 g/mol. The van der Waals surface area contributed by atoms with Crippen LogP contribution in [0.5, 0.6) is 0 Å². The van der Waals surface area contributed by atoms with Crippen LogP contribution in [0, 0.1) is 11.6 Å². The highest BCUT2D eigenvalue weighted by Crippen LogP contribution is 2.65. The van der Waals surface area contributed by atoms with Gasteiger partial charge < -0.3 is 4.90 Å². The van der Waals surface area contributed by atoms with Crippen LogP contribution in [0.1, 0.15) is 47.2 Å². The molecule has 3 aliphatic carbocycles. The summed E-state index contributed by atoms with van der Waals surface area (Å²) in [5, 5.41) is 0. The van der Waals surface area contributed by atoms with E-state index in [4.69, 9.17) is 0 Å². The number of hydrogen-bond donors (Lipinski definition) is 0. The molecule has 1 atom stereocenters. The van der Waals surface area contributed by atoms with Gasteiger partial charge in [-0.05, 0) is 132 Å². The van der Waals surface area contributed by atoms with E-state index in [0.29, 0.717) is 5.56 Å². The monoisotopic (exact) mass is 787 g/mol. The number of para-hydroxylation sites is 1. The number of anilines is 3. The molecule has 9 aromatic carbocycles. The third-order valence-electron chi connectivity index (χ3n) is 13.6. The van der Waals surface area contributed by atoms with E-state index in [9.17, 15) is 8.78 Å². The molecule has 0 aliphatic heterocycles. The van der Waals surface area contributed by atoms with E-state index < -0.39 is 17.0 Å². The topological polar surface area (TPSA) is 3.24 Å². The predicted octanol–water partition coefficient (Wildman–Crippen LogP) is 15.4. The zero-order valence-electron chi connectivity index (χ0n) is 33.8. The summed E-state index contributed by atoms with van der Waals surface area (Å²) in [7, 11) is 0. The van der Waals surface area contributed by atoms with E-state index >= 15 is 0 Å². The van der Waals surface area contributed by atoms with Crippen LogP contribution >= 0.6 is 0 Å². The van der Waals surface area contributed by atoms with Gasteiger partial charge in [0.15, 0.2) is 0 Å². The number of benzene rings is 9. The summed E-state index contributed by atoms with van der Waals surface area (Å²) in [6, 6.07) is 69.5. The minimum absolute atomic E-state index is 0.0768. The summed E-state index contributed by atoms with van der Waals surface area (Å²) in [6.07, 6.45) is 0. The van der Waals surface area contributed by atoms with Crippen LogP contribution in [0.4, 0.5) is 25.8 Å². The fourth-order valence-corrected chi connectivity index (χ4v) is 11.0. The molecular formula is C58H39F2N. The van der Waals surface area contributed by atoms with E-state index in [1.165, 1.54) is 62.2 Å². The van der Waals surface area contributed by atoms with Crippen molar-refractivity contribution in [3.8, 4) is 55.6 Å². The largest absolute Gasteiger partial charge is 0.310 e. The molecule has 0 saturated heterocycles. The van der Waals surface area contributed by atoms with Crippen LogP contribution in [-0.2, 0) is 10.8 Å². The van der Waals surface area contributed by atoms with Crippen LogP contribution in [0.2, 0.25) is 0 Å². The summed E-state index contributed by atoms with van der Waals surface area (Å²) in [4.78, 5) is 2.39. The summed E-state index contributed by atoms with van der Waals surface area (Å²) >= 11 is 0. The van der Waals surface area contributed by atoms with Crippen LogP contribution in [-0.4, -0.2) is 0 Å². The Morgan fingerprint density at radius 3 is 1.61 bits per heavy atom. The summed E-state index contributed by atoms with van der Waals surface area (Å²) in [5.41, 5.74) is 20.8. The number of halogens is 2. The quantitative estimate of drug-likeness (QED) is 0.168. The Kier molecular flexibility index (Phi) is 7.62. The SMILES string of the molecule is CC1(C)c2ccccc2-c2c(-c3ccc(N(c4ccccc4)c4cccc5c4-c4ccccc4C54c5ccccc5-c5ccc(-c6cc(F)cc(F)c6)cc54)cc3)cccc21. The van der Waals surface area contributed by atoms with Crippen molar-refractivity contribution >= 4 is 17.1 Å². The molecule has 1 nitrogen and oxygen atoms in total. The van der Waals surface area contributed by atoms with Gasteiger partial charge in [-0.2, -0.15) is 0 Å². The van der Waals surface area contributed by atoms with Gasteiger partial charge in [-0.15, -0.1) is 0 Å². The lowest BCUT2D eigenvalue weighted by Crippen LogP contribution is -2.26. The number of fused-ring (bicyclic) bond motifs is 13. The molecule has 1 unspecified atom stereocenters. The highest BCUT2D eigenvalue weighted by atomic mass is 19.1. The third kappa shape index (κ3) is 4.98. The molecule has 0 amide bonds. The predicted molar refractivity (Wildman–Crippen MR) is 246 cm³/mol. The number of hydrogen-bond acceptors (Lipinski definition) is 1. The molecule has 9 aromatic rings. The molecule has 3 heteroatoms. The van der Waals surface area contributed by atoms with E-state index in [0.717, 1.165) is 56.5 Å². The Balaban J connectivity index is 1.07. The fourth-order valence-electron chi connectivity index (χ4n) is 11.0. The Morgan fingerprint density at radius 1 is 0.344 bits per heavy atom. The second kappa shape index (κ2) is 13.1. The molecule has 0 aromatic heterocycles. The van der Waals surface area contributed by atoms with Crippen molar-refractivity contribution in [3.63, 3.8) is 0 Å². The van der Waals surface area contributed by atoms with Gasteiger partial charge in [0.05, 0.1) is 11.1 Å². The lowest BCUT2D eigenvalue weighted by Gasteiger charge is -2.32. The second-order valence-electron chi connectivity index (χ2n) is 17.1. The zero-order chi connectivity index (χ0) is 41.0. The summed E-state index contributed by atoms with van der Waals surface area (Å²) in [6.45, 7) is 4.66. The Hall–Kier alpha value is -7.36. The minimum atomic E-state index is -0.667. The highest BCUT2D eigenvalue weighted by Gasteiger charge is 2.52. The van der Waals surface area contributed by atoms with Crippen molar-refractivity contribution in [2.24, 2.45) is 0 Å². The van der Waals surface area contributed by atoms with Crippen LogP contribution < -0.4 is 4.90 Å². The maximum atomic E-state index is 14.7. The second-order valence-corrected chi connectivity index (χ2v) is 17.1. The Morgan fingerprint density at radius 2 is 0.869 bits per heavy atom. The highest BCUT2D eigenvalue weighted by molar-refractivity contribution is 6.02. The van der Waals surface area contributed by atoms with Gasteiger partial charge >= 0.3 is 0 Å². The molecule has 0 saturated carbocycles. The van der Waals surface area contributed by atoms with Gasteiger partial charge in [0.2, 0.25) is 0 Å². The standard InChI is InChI=1S/C58H39F2N/c1-57(2)48-20-9-7-17-46(48)55-43(19-12-23-51(55)57)36-26-29-42(30-27-36)61(41-14-4-3-5-15-41)54-25-13-24-52-56(54)47-18-8-11-22-50(47)58(52)49-21-10-6-16-44(49)45-31-28-37(34-53(45)58)38-32-39(59)35-40(60)33-38/h3-35H,1-2H3. The van der Waals surface area contributed by atoms with Gasteiger partial charge in [0.1, 0.15) is 11.6 Å². The maximum absolute atomic E-state index is 14.7. The first-order valence-electron chi connectivity index (χ1n) is 21.0. The maximum Gasteiger partial charge on any atom is 0.126 e. The Bertz CT molecular complexity index is 3230. The molecule has 0 heterocycles. The van der Waals surface area contributed by atoms with Gasteiger partial charge in [0, 0.05) is 28.4 Å². The van der Waals surface area contributed by atoms with Crippen molar-refractivity contribution in [1.29, 1.82) is 0 Å². The van der Waals surface area contributed by atoms with Crippen molar-refractivity contribution in [3.05, 3.63) is 245 Å². The summed E-state index contributed by atoms with van der Waals surface area (Å²) < 4.78 is 29.4. The zero-order valence-corrected chi connectivity index (χ0v) is 33.8. The smallest absolute Gasteiger partial charge is 0.126 e. The van der Waals surface area contributed by atoms with Crippen LogP contribution in [0.15, 0.2) is 200 Å². The van der Waals surface area contributed by atoms with E-state index in [-0.39, 0.29) is 5.41 Å². The average Bonchev–Trinajstić information content (AvgIpc) is 3.85. The molecule has 3 aliphatic rings. The van der Waals surface area contributed by atoms with Crippen molar-refractivity contribution in [2.75, 3.05) is 4.90 Å². The van der Waals surface area contributed by atoms with E-state index in [1.807, 2.05) is 6.07 Å². The van der Waals surface area contributed by atoms with Crippen molar-refractivity contribution in [2.45, 2.75) is 24.7 Å². The van der Waals surface area contributed by atoms with Crippen molar-refractivity contribution < 1.29 is 8.78 Å². The van der Waals surface area contributed by atoms with E-state index in [1.54, 1.807) is 0 Å². The lowest BCUT2D eigenvalue weighted by atomic mass is 9.70.